The molecule has 0 saturated carbocycles. The van der Waals surface area contributed by atoms with Crippen LogP contribution in [0.4, 0.5) is 0 Å². The Hall–Kier alpha value is -1.46. The Labute approximate surface area is 114 Å². The summed E-state index contributed by atoms with van der Waals surface area (Å²) in [6.45, 7) is 0. The van der Waals surface area contributed by atoms with Crippen molar-refractivity contribution >= 4 is 29.3 Å². The third kappa shape index (κ3) is 3.05. The summed E-state index contributed by atoms with van der Waals surface area (Å²) in [4.78, 5) is 12.0. The molecule has 0 atom stereocenters. The number of nitrogens with two attached hydrogens (primary N) is 1. The van der Waals surface area contributed by atoms with Gasteiger partial charge in [-0.3, -0.25) is 9.48 Å². The van der Waals surface area contributed by atoms with Gasteiger partial charge in [-0.2, -0.15) is 5.10 Å². The summed E-state index contributed by atoms with van der Waals surface area (Å²) >= 11 is 7.54. The molecule has 2 aromatic rings. The normalized spacial score (nSPS) is 10.6. The lowest BCUT2D eigenvalue weighted by atomic mass is 10.2. The van der Waals surface area contributed by atoms with E-state index in [1.807, 2.05) is 18.2 Å². The lowest BCUT2D eigenvalue weighted by Gasteiger charge is -2.00. The number of nitrogens with zero attached hydrogens (tertiary/aromatic N) is 2. The third-order valence-electron chi connectivity index (χ3n) is 2.40. The molecule has 2 N–H and O–H groups in total. The molecule has 1 aromatic carbocycles. The van der Waals surface area contributed by atoms with Crippen LogP contribution in [0.1, 0.15) is 16.1 Å². The van der Waals surface area contributed by atoms with E-state index in [0.717, 1.165) is 16.3 Å². The summed E-state index contributed by atoms with van der Waals surface area (Å²) in [6, 6.07) is 9.02. The fraction of sp³-hybridized carbons (Fsp3) is 0.167. The molecule has 0 aliphatic carbocycles. The monoisotopic (exact) mass is 281 g/mol. The van der Waals surface area contributed by atoms with Gasteiger partial charge in [-0.25, -0.2) is 0 Å². The van der Waals surface area contributed by atoms with Gasteiger partial charge < -0.3 is 5.73 Å². The van der Waals surface area contributed by atoms with E-state index in [2.05, 4.69) is 5.10 Å². The molecule has 6 heteroatoms. The number of carbonyl (C=O) groups excluding carboxylic acids is 1. The highest BCUT2D eigenvalue weighted by molar-refractivity contribution is 7.98. The molecule has 0 aliphatic heterocycles. The van der Waals surface area contributed by atoms with Crippen molar-refractivity contribution < 1.29 is 4.79 Å². The van der Waals surface area contributed by atoms with Gasteiger partial charge in [0.1, 0.15) is 5.15 Å². The lowest BCUT2D eigenvalue weighted by Crippen LogP contribution is -2.10. The molecule has 0 bridgehead atoms. The standard InChI is InChI=1S/C12H12ClN3OS/c1-16-11(13)6-9(15-16)7-18-10-4-2-8(3-5-10)12(14)17/h2-6H,7H2,1H3,(H2,14,17). The fourth-order valence-electron chi connectivity index (χ4n) is 1.44. The van der Waals surface area contributed by atoms with E-state index in [4.69, 9.17) is 17.3 Å². The maximum absolute atomic E-state index is 10.9. The van der Waals surface area contributed by atoms with Crippen molar-refractivity contribution in [2.45, 2.75) is 10.6 Å². The Morgan fingerprint density at radius 2 is 2.11 bits per heavy atom. The Bertz CT molecular complexity index is 546. The predicted octanol–water partition coefficient (Wildman–Crippen LogP) is 2.46. The van der Waals surface area contributed by atoms with Crippen molar-refractivity contribution in [2.24, 2.45) is 12.8 Å². The SMILES string of the molecule is Cn1nc(CSc2ccc(C(N)=O)cc2)cc1Cl. The number of hydrogen-bond donors (Lipinski definition) is 1. The van der Waals surface area contributed by atoms with Crippen LogP contribution < -0.4 is 5.73 Å². The number of thioether (sulfide) groups is 1. The van der Waals surface area contributed by atoms with Gasteiger partial charge >= 0.3 is 0 Å². The Balaban J connectivity index is 2.00. The Kier molecular flexibility index (Phi) is 3.93. The van der Waals surface area contributed by atoms with Gasteiger partial charge in [0.25, 0.3) is 0 Å². The van der Waals surface area contributed by atoms with Gasteiger partial charge in [0.15, 0.2) is 0 Å². The van der Waals surface area contributed by atoms with E-state index in [-0.39, 0.29) is 0 Å². The zero-order valence-electron chi connectivity index (χ0n) is 9.76. The van der Waals surface area contributed by atoms with Gasteiger partial charge in [0.05, 0.1) is 5.69 Å². The van der Waals surface area contributed by atoms with Crippen LogP contribution in [-0.2, 0) is 12.8 Å². The summed E-state index contributed by atoms with van der Waals surface area (Å²) in [5.41, 5.74) is 6.61. The van der Waals surface area contributed by atoms with Gasteiger partial charge in [-0.1, -0.05) is 11.6 Å². The summed E-state index contributed by atoms with van der Waals surface area (Å²) < 4.78 is 1.63. The lowest BCUT2D eigenvalue weighted by molar-refractivity contribution is 0.1000. The van der Waals surface area contributed by atoms with Crippen LogP contribution in [0.15, 0.2) is 35.2 Å². The molecule has 0 aliphatic rings. The quantitative estimate of drug-likeness (QED) is 0.876. The smallest absolute Gasteiger partial charge is 0.248 e. The molecule has 18 heavy (non-hydrogen) atoms. The van der Waals surface area contributed by atoms with Crippen LogP contribution in [0.2, 0.25) is 5.15 Å². The van der Waals surface area contributed by atoms with Crippen LogP contribution in [0.25, 0.3) is 0 Å². The van der Waals surface area contributed by atoms with Crippen molar-refractivity contribution in [3.05, 3.63) is 46.7 Å². The van der Waals surface area contributed by atoms with Crippen molar-refractivity contribution in [2.75, 3.05) is 0 Å². The number of hydrogen-bond acceptors (Lipinski definition) is 3. The van der Waals surface area contributed by atoms with E-state index < -0.39 is 5.91 Å². The first-order valence-electron chi connectivity index (χ1n) is 5.27. The summed E-state index contributed by atoms with van der Waals surface area (Å²) in [7, 11) is 1.80. The molecular weight excluding hydrogens is 270 g/mol. The molecule has 1 amide bonds. The maximum atomic E-state index is 10.9. The molecule has 1 aromatic heterocycles. The molecule has 4 nitrogen and oxygen atoms in total. The first-order valence-corrected chi connectivity index (χ1v) is 6.63. The minimum absolute atomic E-state index is 0.414. The zero-order valence-corrected chi connectivity index (χ0v) is 11.3. The Morgan fingerprint density at radius 1 is 1.44 bits per heavy atom. The topological polar surface area (TPSA) is 60.9 Å². The van der Waals surface area contributed by atoms with E-state index in [1.165, 1.54) is 0 Å². The van der Waals surface area contributed by atoms with Gasteiger partial charge in [0.2, 0.25) is 5.91 Å². The van der Waals surface area contributed by atoms with Crippen LogP contribution in [0, 0.1) is 0 Å². The number of aromatic nitrogens is 2. The summed E-state index contributed by atoms with van der Waals surface area (Å²) in [5, 5.41) is 4.88. The molecule has 1 heterocycles. The molecule has 94 valence electrons. The van der Waals surface area contributed by atoms with E-state index in [1.54, 1.807) is 35.6 Å². The van der Waals surface area contributed by atoms with Crippen molar-refractivity contribution in [3.8, 4) is 0 Å². The number of carbonyl (C=O) groups is 1. The first kappa shape index (κ1) is 13.0. The van der Waals surface area contributed by atoms with Crippen LogP contribution in [-0.4, -0.2) is 15.7 Å². The highest BCUT2D eigenvalue weighted by Crippen LogP contribution is 2.23. The minimum Gasteiger partial charge on any atom is -0.366 e. The zero-order chi connectivity index (χ0) is 13.1. The van der Waals surface area contributed by atoms with Gasteiger partial charge in [-0.05, 0) is 30.3 Å². The van der Waals surface area contributed by atoms with E-state index in [9.17, 15) is 4.79 Å². The number of halogens is 1. The second-order valence-corrected chi connectivity index (χ2v) is 5.20. The number of primary amides is 1. The van der Waals surface area contributed by atoms with Crippen LogP contribution >= 0.6 is 23.4 Å². The Morgan fingerprint density at radius 3 is 2.61 bits per heavy atom. The molecule has 0 unspecified atom stereocenters. The molecule has 2 rings (SSSR count). The van der Waals surface area contributed by atoms with Crippen LogP contribution in [0.3, 0.4) is 0 Å². The highest BCUT2D eigenvalue weighted by Gasteiger charge is 2.04. The van der Waals surface area contributed by atoms with E-state index >= 15 is 0 Å². The molecule has 0 fully saturated rings. The highest BCUT2D eigenvalue weighted by atomic mass is 35.5. The second kappa shape index (κ2) is 5.46. The average molecular weight is 282 g/mol. The van der Waals surface area contributed by atoms with Crippen molar-refractivity contribution in [1.82, 2.24) is 9.78 Å². The van der Waals surface area contributed by atoms with Gasteiger partial charge in [-0.15, -0.1) is 11.8 Å². The van der Waals surface area contributed by atoms with Crippen LogP contribution in [0.5, 0.6) is 0 Å². The van der Waals surface area contributed by atoms with E-state index in [0.29, 0.717) is 10.7 Å². The molecule has 0 radical (unpaired) electrons. The molecular formula is C12H12ClN3OS. The number of aryl methyl sites for hydroxylation is 1. The third-order valence-corrected chi connectivity index (χ3v) is 3.80. The number of benzene rings is 1. The number of amides is 1. The number of rotatable bonds is 4. The first-order chi connectivity index (χ1) is 8.56. The maximum Gasteiger partial charge on any atom is 0.248 e. The predicted molar refractivity (Wildman–Crippen MR) is 72.7 cm³/mol. The second-order valence-electron chi connectivity index (χ2n) is 3.76. The molecule has 0 spiro atoms. The largest absolute Gasteiger partial charge is 0.366 e. The van der Waals surface area contributed by atoms with Crippen molar-refractivity contribution in [3.63, 3.8) is 0 Å². The fourth-order valence-corrected chi connectivity index (χ4v) is 2.39. The summed E-state index contributed by atoms with van der Waals surface area (Å²) in [6.07, 6.45) is 0. The van der Waals surface area contributed by atoms with Gasteiger partial charge in [0, 0.05) is 23.3 Å². The van der Waals surface area contributed by atoms with Crippen molar-refractivity contribution in [1.29, 1.82) is 0 Å². The molecule has 0 saturated heterocycles. The minimum atomic E-state index is -0.414. The summed E-state index contributed by atoms with van der Waals surface area (Å²) in [5.74, 6) is 0.319. The average Bonchev–Trinajstić information content (AvgIpc) is 2.67.